The Morgan fingerprint density at radius 2 is 2.00 bits per heavy atom. The van der Waals surface area contributed by atoms with E-state index in [2.05, 4.69) is 60.7 Å². The third-order valence-corrected chi connectivity index (χ3v) is 5.63. The molecular formula is C22H38N4O. The van der Waals surface area contributed by atoms with Crippen molar-refractivity contribution in [1.29, 1.82) is 0 Å². The van der Waals surface area contributed by atoms with Crippen LogP contribution in [0.3, 0.4) is 0 Å². The van der Waals surface area contributed by atoms with Crippen molar-refractivity contribution in [3.63, 3.8) is 0 Å². The molecule has 152 valence electrons. The highest BCUT2D eigenvalue weighted by molar-refractivity contribution is 5.79. The van der Waals surface area contributed by atoms with Crippen LogP contribution in [0.15, 0.2) is 29.3 Å². The summed E-state index contributed by atoms with van der Waals surface area (Å²) < 4.78 is 5.30. The molecule has 1 aliphatic carbocycles. The topological polar surface area (TPSA) is 48.9 Å². The van der Waals surface area contributed by atoms with Crippen molar-refractivity contribution in [2.24, 2.45) is 10.4 Å². The van der Waals surface area contributed by atoms with Gasteiger partial charge >= 0.3 is 0 Å². The number of ether oxygens (including phenoxy) is 1. The summed E-state index contributed by atoms with van der Waals surface area (Å²) in [5.74, 6) is 0.914. The lowest BCUT2D eigenvalue weighted by Crippen LogP contribution is -2.46. The second-order valence-corrected chi connectivity index (χ2v) is 7.80. The van der Waals surface area contributed by atoms with Gasteiger partial charge in [-0.05, 0) is 56.3 Å². The molecule has 0 bridgehead atoms. The minimum atomic E-state index is 0.386. The van der Waals surface area contributed by atoms with Gasteiger partial charge in [-0.25, -0.2) is 4.99 Å². The maximum absolute atomic E-state index is 5.30. The zero-order chi connectivity index (χ0) is 19.5. The summed E-state index contributed by atoms with van der Waals surface area (Å²) in [6.45, 7) is 9.72. The van der Waals surface area contributed by atoms with E-state index in [0.717, 1.165) is 45.2 Å². The summed E-state index contributed by atoms with van der Waals surface area (Å²) in [6, 6.07) is 8.76. The van der Waals surface area contributed by atoms with Gasteiger partial charge in [-0.15, -0.1) is 0 Å². The molecule has 0 radical (unpaired) electrons. The van der Waals surface area contributed by atoms with Crippen LogP contribution in [-0.4, -0.2) is 51.3 Å². The molecule has 1 aliphatic rings. The second-order valence-electron chi connectivity index (χ2n) is 7.80. The maximum atomic E-state index is 5.30. The first-order valence-corrected chi connectivity index (χ1v) is 10.4. The molecule has 0 heterocycles. The van der Waals surface area contributed by atoms with E-state index in [-0.39, 0.29) is 0 Å². The largest absolute Gasteiger partial charge is 0.385 e. The van der Waals surface area contributed by atoms with Crippen molar-refractivity contribution in [2.45, 2.75) is 52.6 Å². The van der Waals surface area contributed by atoms with Crippen molar-refractivity contribution in [3.05, 3.63) is 35.4 Å². The van der Waals surface area contributed by atoms with Crippen LogP contribution in [0.2, 0.25) is 0 Å². The Morgan fingerprint density at radius 1 is 1.22 bits per heavy atom. The number of nitrogens with one attached hydrogen (secondary N) is 2. The molecule has 27 heavy (non-hydrogen) atoms. The van der Waals surface area contributed by atoms with Gasteiger partial charge in [0, 0.05) is 33.4 Å². The Kier molecular flexibility index (Phi) is 9.08. The van der Waals surface area contributed by atoms with Gasteiger partial charge in [0.05, 0.1) is 6.54 Å². The lowest BCUT2D eigenvalue weighted by Gasteiger charge is -2.42. The lowest BCUT2D eigenvalue weighted by atomic mass is 9.67. The Morgan fingerprint density at radius 3 is 2.63 bits per heavy atom. The van der Waals surface area contributed by atoms with Gasteiger partial charge in [0.15, 0.2) is 5.96 Å². The third-order valence-electron chi connectivity index (χ3n) is 5.63. The van der Waals surface area contributed by atoms with Crippen molar-refractivity contribution in [2.75, 3.05) is 40.4 Å². The smallest absolute Gasteiger partial charge is 0.191 e. The fourth-order valence-corrected chi connectivity index (χ4v) is 3.54. The van der Waals surface area contributed by atoms with Crippen molar-refractivity contribution < 1.29 is 4.74 Å². The fraction of sp³-hybridized carbons (Fsp3) is 0.682. The molecule has 2 rings (SSSR count). The van der Waals surface area contributed by atoms with Gasteiger partial charge in [0.2, 0.25) is 0 Å². The number of aliphatic imine (C=N–C) groups is 1. The monoisotopic (exact) mass is 374 g/mol. The summed E-state index contributed by atoms with van der Waals surface area (Å²) in [5, 5.41) is 6.96. The molecule has 0 spiro atoms. The van der Waals surface area contributed by atoms with Crippen LogP contribution < -0.4 is 10.6 Å². The van der Waals surface area contributed by atoms with Gasteiger partial charge < -0.3 is 20.3 Å². The van der Waals surface area contributed by atoms with Crippen LogP contribution in [0.4, 0.5) is 0 Å². The molecule has 0 unspecified atom stereocenters. The molecule has 0 aromatic heterocycles. The zero-order valence-electron chi connectivity index (χ0n) is 17.7. The second kappa shape index (κ2) is 11.3. The van der Waals surface area contributed by atoms with Crippen LogP contribution in [0.1, 0.15) is 50.7 Å². The fourth-order valence-electron chi connectivity index (χ4n) is 3.54. The molecule has 1 aromatic carbocycles. The molecule has 5 heteroatoms. The van der Waals surface area contributed by atoms with Crippen LogP contribution in [0.5, 0.6) is 0 Å². The molecule has 0 aliphatic heterocycles. The highest BCUT2D eigenvalue weighted by Gasteiger charge is 2.36. The van der Waals surface area contributed by atoms with E-state index in [0.29, 0.717) is 12.0 Å². The van der Waals surface area contributed by atoms with Crippen LogP contribution >= 0.6 is 0 Å². The van der Waals surface area contributed by atoms with Crippen molar-refractivity contribution in [1.82, 2.24) is 15.5 Å². The Labute approximate surface area is 165 Å². The molecule has 5 nitrogen and oxygen atoms in total. The molecular weight excluding hydrogens is 336 g/mol. The molecule has 1 saturated carbocycles. The molecule has 0 atom stereocenters. The minimum absolute atomic E-state index is 0.386. The van der Waals surface area contributed by atoms with Gasteiger partial charge in [-0.1, -0.05) is 37.6 Å². The summed E-state index contributed by atoms with van der Waals surface area (Å²) in [5.41, 5.74) is 2.99. The summed E-state index contributed by atoms with van der Waals surface area (Å²) in [7, 11) is 3.94. The van der Waals surface area contributed by atoms with E-state index in [1.54, 1.807) is 7.11 Å². The maximum Gasteiger partial charge on any atom is 0.191 e. The van der Waals surface area contributed by atoms with E-state index in [1.165, 1.54) is 30.4 Å². The van der Waals surface area contributed by atoms with E-state index < -0.39 is 0 Å². The molecule has 2 N–H and O–H groups in total. The number of guanidine groups is 1. The van der Waals surface area contributed by atoms with E-state index in [4.69, 9.17) is 9.73 Å². The first-order chi connectivity index (χ1) is 13.1. The van der Waals surface area contributed by atoms with Gasteiger partial charge in [-0.3, -0.25) is 0 Å². The number of hydrogen-bond acceptors (Lipinski definition) is 3. The Hall–Kier alpha value is -1.59. The first-order valence-electron chi connectivity index (χ1n) is 10.4. The average molecular weight is 375 g/mol. The molecule has 0 amide bonds. The predicted molar refractivity (Wildman–Crippen MR) is 114 cm³/mol. The van der Waals surface area contributed by atoms with E-state index in [9.17, 15) is 0 Å². The van der Waals surface area contributed by atoms with Gasteiger partial charge in [0.25, 0.3) is 0 Å². The Balaban J connectivity index is 1.93. The molecule has 1 aromatic rings. The predicted octanol–water partition coefficient (Wildman–Crippen LogP) is 3.40. The van der Waals surface area contributed by atoms with Crippen LogP contribution in [-0.2, 0) is 17.8 Å². The van der Waals surface area contributed by atoms with Crippen molar-refractivity contribution in [3.8, 4) is 0 Å². The van der Waals surface area contributed by atoms with E-state index in [1.807, 2.05) is 0 Å². The third kappa shape index (κ3) is 7.15. The number of hydrogen-bond donors (Lipinski definition) is 2. The molecule has 0 saturated heterocycles. The van der Waals surface area contributed by atoms with Gasteiger partial charge in [0.1, 0.15) is 0 Å². The summed E-state index contributed by atoms with van der Waals surface area (Å²) >= 11 is 0. The average Bonchev–Trinajstić information content (AvgIpc) is 2.65. The highest BCUT2D eigenvalue weighted by atomic mass is 16.5. The first kappa shape index (κ1) is 21.7. The normalized spacial score (nSPS) is 16.3. The number of benzene rings is 1. The number of rotatable bonds is 11. The number of nitrogens with zero attached hydrogens (tertiary/aromatic N) is 2. The lowest BCUT2D eigenvalue weighted by molar-refractivity contribution is 0.0732. The SMILES string of the molecule is CCNC(=NCc1cccc(CN(C)CC)c1)NCC1(CCOC)CCC1. The standard InChI is InChI=1S/C22H38N4O/c1-5-23-21(25-18-22(11-8-12-22)13-14-27-4)24-16-19-9-7-10-20(15-19)17-26(3)6-2/h7,9-10,15H,5-6,8,11-14,16-18H2,1-4H3,(H2,23,24,25). The van der Waals surface area contributed by atoms with Crippen LogP contribution in [0, 0.1) is 5.41 Å². The number of methoxy groups -OCH3 is 1. The van der Waals surface area contributed by atoms with E-state index >= 15 is 0 Å². The quantitative estimate of drug-likeness (QED) is 0.460. The highest BCUT2D eigenvalue weighted by Crippen LogP contribution is 2.43. The van der Waals surface area contributed by atoms with Crippen LogP contribution in [0.25, 0.3) is 0 Å². The summed E-state index contributed by atoms with van der Waals surface area (Å²) in [4.78, 5) is 7.13. The zero-order valence-corrected chi connectivity index (χ0v) is 17.7. The minimum Gasteiger partial charge on any atom is -0.385 e. The summed E-state index contributed by atoms with van der Waals surface area (Å²) in [6.07, 6.45) is 5.03. The Bertz CT molecular complexity index is 583. The van der Waals surface area contributed by atoms with Crippen molar-refractivity contribution >= 4 is 5.96 Å². The van der Waals surface area contributed by atoms with Gasteiger partial charge in [-0.2, -0.15) is 0 Å². The molecule has 1 fully saturated rings.